The van der Waals surface area contributed by atoms with E-state index in [1.807, 2.05) is 0 Å². The summed E-state index contributed by atoms with van der Waals surface area (Å²) in [4.78, 5) is 16.0. The topological polar surface area (TPSA) is 79.4 Å². The third-order valence-electron chi connectivity index (χ3n) is 2.63. The average Bonchev–Trinajstić information content (AvgIpc) is 2.76. The molecule has 0 atom stereocenters. The van der Waals surface area contributed by atoms with Crippen LogP contribution in [-0.4, -0.2) is 43.5 Å². The molecule has 21 heavy (non-hydrogen) atoms. The number of nitrogens with zero attached hydrogens (tertiary/aromatic N) is 2. The summed E-state index contributed by atoms with van der Waals surface area (Å²) in [6, 6.07) is 3.40. The molecule has 0 bridgehead atoms. The molecule has 1 N–H and O–H groups in total. The number of halogens is 2. The molecule has 1 aromatic heterocycles. The van der Waals surface area contributed by atoms with Gasteiger partial charge in [0.2, 0.25) is 15.9 Å². The van der Waals surface area contributed by atoms with Gasteiger partial charge in [-0.15, -0.1) is 0 Å². The molecule has 6 nitrogen and oxygen atoms in total. The summed E-state index contributed by atoms with van der Waals surface area (Å²) >= 11 is 13.2. The van der Waals surface area contributed by atoms with Gasteiger partial charge in [0.15, 0.2) is 5.13 Å². The van der Waals surface area contributed by atoms with Crippen LogP contribution in [0.25, 0.3) is 10.2 Å². The Morgan fingerprint density at radius 3 is 2.71 bits per heavy atom. The number of nitrogens with one attached hydrogen (secondary N) is 1. The zero-order valence-electron chi connectivity index (χ0n) is 11.1. The highest BCUT2D eigenvalue weighted by atomic mass is 35.5. The Morgan fingerprint density at radius 2 is 2.10 bits per heavy atom. The number of carbonyl (C=O) groups is 1. The number of hydrogen-bond donors (Lipinski definition) is 1. The fourth-order valence-corrected chi connectivity index (χ4v) is 3.13. The van der Waals surface area contributed by atoms with E-state index in [4.69, 9.17) is 23.2 Å². The van der Waals surface area contributed by atoms with Crippen LogP contribution >= 0.6 is 34.5 Å². The zero-order valence-corrected chi connectivity index (χ0v) is 14.2. The van der Waals surface area contributed by atoms with E-state index in [1.165, 1.54) is 18.4 Å². The van der Waals surface area contributed by atoms with Crippen LogP contribution in [0.1, 0.15) is 0 Å². The Balaban J connectivity index is 2.17. The van der Waals surface area contributed by atoms with Crippen molar-refractivity contribution in [3.05, 3.63) is 22.2 Å². The number of fused-ring (bicyclic) bond motifs is 1. The van der Waals surface area contributed by atoms with Gasteiger partial charge in [-0.05, 0) is 12.1 Å². The predicted molar refractivity (Wildman–Crippen MR) is 85.7 cm³/mol. The molecule has 1 amide bonds. The maximum absolute atomic E-state index is 11.8. The first-order valence-corrected chi connectivity index (χ1v) is 9.06. The standard InChI is InChI=1S/C11H11Cl2N3O3S2/c1-16(21(2,18)19)5-8(17)14-11-15-10-7(20-11)4-3-6(12)9(10)13/h3-4H,5H2,1-2H3,(H,14,15,17). The molecule has 0 saturated carbocycles. The summed E-state index contributed by atoms with van der Waals surface area (Å²) in [5.41, 5.74) is 0.501. The van der Waals surface area contributed by atoms with Crippen LogP contribution < -0.4 is 5.32 Å². The summed E-state index contributed by atoms with van der Waals surface area (Å²) in [6.07, 6.45) is 1.03. The van der Waals surface area contributed by atoms with Crippen molar-refractivity contribution in [3.63, 3.8) is 0 Å². The molecule has 114 valence electrons. The largest absolute Gasteiger partial charge is 0.301 e. The summed E-state index contributed by atoms with van der Waals surface area (Å²) in [7, 11) is -2.09. The van der Waals surface area contributed by atoms with Gasteiger partial charge >= 0.3 is 0 Å². The number of hydrogen-bond acceptors (Lipinski definition) is 5. The fraction of sp³-hybridized carbons (Fsp3) is 0.273. The maximum Gasteiger partial charge on any atom is 0.241 e. The smallest absolute Gasteiger partial charge is 0.241 e. The van der Waals surface area contributed by atoms with E-state index in [0.29, 0.717) is 20.7 Å². The van der Waals surface area contributed by atoms with Crippen molar-refractivity contribution in [2.45, 2.75) is 0 Å². The van der Waals surface area contributed by atoms with Crippen molar-refractivity contribution in [2.75, 3.05) is 25.2 Å². The Labute approximate surface area is 135 Å². The van der Waals surface area contributed by atoms with Gasteiger partial charge in [0.1, 0.15) is 5.52 Å². The number of aromatic nitrogens is 1. The van der Waals surface area contributed by atoms with Gasteiger partial charge in [-0.25, -0.2) is 13.4 Å². The molecule has 1 aromatic carbocycles. The Hall–Kier alpha value is -0.930. The second-order valence-electron chi connectivity index (χ2n) is 4.29. The van der Waals surface area contributed by atoms with Gasteiger partial charge in [-0.1, -0.05) is 34.5 Å². The van der Waals surface area contributed by atoms with Crippen LogP contribution in [0.2, 0.25) is 10.0 Å². The maximum atomic E-state index is 11.8. The van der Waals surface area contributed by atoms with Crippen LogP contribution in [0.4, 0.5) is 5.13 Å². The minimum absolute atomic E-state index is 0.288. The SMILES string of the molecule is CN(CC(=O)Nc1nc2c(Cl)c(Cl)ccc2s1)S(C)(=O)=O. The lowest BCUT2D eigenvalue weighted by Crippen LogP contribution is -2.34. The number of rotatable bonds is 4. The first-order valence-electron chi connectivity index (χ1n) is 5.64. The molecule has 0 aliphatic carbocycles. The number of anilines is 1. The molecule has 2 aromatic rings. The van der Waals surface area contributed by atoms with E-state index < -0.39 is 15.9 Å². The highest BCUT2D eigenvalue weighted by Crippen LogP contribution is 2.35. The Kier molecular flexibility index (Phi) is 4.74. The van der Waals surface area contributed by atoms with E-state index in [1.54, 1.807) is 12.1 Å². The van der Waals surface area contributed by atoms with Crippen molar-refractivity contribution in [1.29, 1.82) is 0 Å². The molecule has 10 heteroatoms. The lowest BCUT2D eigenvalue weighted by molar-refractivity contribution is -0.116. The van der Waals surface area contributed by atoms with Gasteiger partial charge in [0, 0.05) is 7.05 Å². The Bertz CT molecular complexity index is 804. The molecule has 1 heterocycles. The highest BCUT2D eigenvalue weighted by Gasteiger charge is 2.17. The number of sulfonamides is 1. The molecule has 0 unspecified atom stereocenters. The minimum Gasteiger partial charge on any atom is -0.301 e. The van der Waals surface area contributed by atoms with Crippen molar-refractivity contribution < 1.29 is 13.2 Å². The van der Waals surface area contributed by atoms with Gasteiger partial charge in [-0.2, -0.15) is 4.31 Å². The first-order chi connectivity index (χ1) is 9.68. The molecule has 2 rings (SSSR count). The third-order valence-corrected chi connectivity index (χ3v) is 5.62. The summed E-state index contributed by atoms with van der Waals surface area (Å²) in [6.45, 7) is -0.288. The van der Waals surface area contributed by atoms with Crippen LogP contribution in [0.5, 0.6) is 0 Å². The number of likely N-dealkylation sites (N-methyl/N-ethyl adjacent to an activating group) is 1. The molecule has 0 radical (unpaired) electrons. The predicted octanol–water partition coefficient (Wildman–Crippen LogP) is 2.43. The first kappa shape index (κ1) is 16.4. The number of carbonyl (C=O) groups excluding carboxylic acids is 1. The van der Waals surface area contributed by atoms with Gasteiger partial charge in [-0.3, -0.25) is 4.79 Å². The number of benzene rings is 1. The lowest BCUT2D eigenvalue weighted by atomic mass is 10.3. The van der Waals surface area contributed by atoms with Gasteiger partial charge in [0.05, 0.1) is 27.5 Å². The van der Waals surface area contributed by atoms with E-state index in [2.05, 4.69) is 10.3 Å². The molecule has 0 spiro atoms. The van der Waals surface area contributed by atoms with Crippen molar-refractivity contribution in [3.8, 4) is 0 Å². The van der Waals surface area contributed by atoms with E-state index in [0.717, 1.165) is 15.3 Å². The average molecular weight is 368 g/mol. The Morgan fingerprint density at radius 1 is 1.43 bits per heavy atom. The van der Waals surface area contributed by atoms with E-state index in [-0.39, 0.29) is 6.54 Å². The zero-order chi connectivity index (χ0) is 15.8. The van der Waals surface area contributed by atoms with Crippen molar-refractivity contribution in [1.82, 2.24) is 9.29 Å². The second-order valence-corrected chi connectivity index (χ2v) is 8.20. The van der Waals surface area contributed by atoms with E-state index >= 15 is 0 Å². The molecule has 0 aliphatic heterocycles. The normalized spacial score (nSPS) is 12.0. The summed E-state index contributed by atoms with van der Waals surface area (Å²) < 4.78 is 24.2. The molecular formula is C11H11Cl2N3O3S2. The molecular weight excluding hydrogens is 357 g/mol. The van der Waals surface area contributed by atoms with Gasteiger partial charge < -0.3 is 5.32 Å². The highest BCUT2D eigenvalue weighted by molar-refractivity contribution is 7.88. The van der Waals surface area contributed by atoms with Crippen LogP contribution in [0.3, 0.4) is 0 Å². The quantitative estimate of drug-likeness (QED) is 0.899. The monoisotopic (exact) mass is 367 g/mol. The summed E-state index contributed by atoms with van der Waals surface area (Å²) in [5.74, 6) is -0.482. The molecule has 0 saturated heterocycles. The number of amides is 1. The third kappa shape index (κ3) is 3.83. The van der Waals surface area contributed by atoms with E-state index in [9.17, 15) is 13.2 Å². The second kappa shape index (κ2) is 6.05. The molecule has 0 aliphatic rings. The van der Waals surface area contributed by atoms with Crippen LogP contribution in [0, 0.1) is 0 Å². The summed E-state index contributed by atoms with van der Waals surface area (Å²) in [5, 5.41) is 3.57. The number of thiazole rings is 1. The van der Waals surface area contributed by atoms with Crippen LogP contribution in [-0.2, 0) is 14.8 Å². The van der Waals surface area contributed by atoms with Gasteiger partial charge in [0.25, 0.3) is 0 Å². The minimum atomic E-state index is -3.41. The lowest BCUT2D eigenvalue weighted by Gasteiger charge is -2.12. The fourth-order valence-electron chi connectivity index (χ4n) is 1.47. The van der Waals surface area contributed by atoms with Crippen LogP contribution in [0.15, 0.2) is 12.1 Å². The molecule has 0 fully saturated rings. The van der Waals surface area contributed by atoms with Crippen molar-refractivity contribution >= 4 is 65.8 Å². The van der Waals surface area contributed by atoms with Crippen molar-refractivity contribution in [2.24, 2.45) is 0 Å².